The highest BCUT2D eigenvalue weighted by atomic mass is 16.1. The largest absolute Gasteiger partial charge is 0.300 e. The van der Waals surface area contributed by atoms with Crippen LogP contribution >= 0.6 is 0 Å². The highest BCUT2D eigenvalue weighted by Gasteiger charge is 2.47. The zero-order chi connectivity index (χ0) is 13.4. The average Bonchev–Trinajstić information content (AvgIpc) is 2.78. The van der Waals surface area contributed by atoms with Crippen LogP contribution in [-0.2, 0) is 4.79 Å². The molecule has 1 nitrogen and oxygen atoms in total. The van der Waals surface area contributed by atoms with Gasteiger partial charge in [-0.15, -0.1) is 0 Å². The van der Waals surface area contributed by atoms with E-state index in [4.69, 9.17) is 0 Å². The molecule has 3 aliphatic carbocycles. The van der Waals surface area contributed by atoms with Crippen molar-refractivity contribution < 1.29 is 4.79 Å². The van der Waals surface area contributed by atoms with Crippen LogP contribution < -0.4 is 0 Å². The van der Waals surface area contributed by atoms with Crippen LogP contribution in [0.25, 0.3) is 0 Å². The highest BCUT2D eigenvalue weighted by molar-refractivity contribution is 5.75. The molecule has 3 rings (SSSR count). The monoisotopic (exact) mass is 262 g/mol. The molecule has 0 aromatic rings. The first kappa shape index (κ1) is 13.6. The fourth-order valence-electron chi connectivity index (χ4n) is 5.91. The van der Waals surface area contributed by atoms with Crippen LogP contribution in [0.4, 0.5) is 0 Å². The first-order valence-electron chi connectivity index (χ1n) is 8.66. The fraction of sp³-hybridized carbons (Fsp3) is 0.944. The SMILES string of the molecule is CC(=O)CCC1CCCC2C1CCC1CCC(C)C12. The third-order valence-corrected chi connectivity index (χ3v) is 6.69. The van der Waals surface area contributed by atoms with Gasteiger partial charge < -0.3 is 4.79 Å². The average molecular weight is 262 g/mol. The Labute approximate surface area is 118 Å². The third kappa shape index (κ3) is 2.62. The van der Waals surface area contributed by atoms with E-state index in [1.807, 2.05) is 0 Å². The topological polar surface area (TPSA) is 17.1 Å². The van der Waals surface area contributed by atoms with Gasteiger partial charge in [0, 0.05) is 6.42 Å². The molecule has 6 atom stereocenters. The predicted molar refractivity (Wildman–Crippen MR) is 78.8 cm³/mol. The molecular formula is C18H30O. The van der Waals surface area contributed by atoms with Crippen molar-refractivity contribution in [3.8, 4) is 0 Å². The van der Waals surface area contributed by atoms with E-state index < -0.39 is 0 Å². The maximum Gasteiger partial charge on any atom is 0.129 e. The van der Waals surface area contributed by atoms with E-state index in [9.17, 15) is 4.79 Å². The Morgan fingerprint density at radius 2 is 1.79 bits per heavy atom. The van der Waals surface area contributed by atoms with Crippen LogP contribution in [0, 0.1) is 35.5 Å². The second kappa shape index (κ2) is 5.58. The summed E-state index contributed by atoms with van der Waals surface area (Å²) in [7, 11) is 0. The standard InChI is InChI=1S/C18H30O/c1-12-6-8-15-10-11-16-14(9-7-13(2)19)4-3-5-17(16)18(12)15/h12,14-18H,3-11H2,1-2H3. The summed E-state index contributed by atoms with van der Waals surface area (Å²) in [5.41, 5.74) is 0. The first-order valence-corrected chi connectivity index (χ1v) is 8.66. The van der Waals surface area contributed by atoms with Gasteiger partial charge in [0.2, 0.25) is 0 Å². The molecule has 0 amide bonds. The van der Waals surface area contributed by atoms with Crippen molar-refractivity contribution >= 4 is 5.78 Å². The summed E-state index contributed by atoms with van der Waals surface area (Å²) in [5.74, 6) is 6.32. The minimum Gasteiger partial charge on any atom is -0.300 e. The third-order valence-electron chi connectivity index (χ3n) is 6.69. The Morgan fingerprint density at radius 1 is 1.00 bits per heavy atom. The second-order valence-corrected chi connectivity index (χ2v) is 7.73. The Bertz CT molecular complexity index is 335. The quantitative estimate of drug-likeness (QED) is 0.711. The lowest BCUT2D eigenvalue weighted by Gasteiger charge is -2.48. The van der Waals surface area contributed by atoms with Crippen molar-refractivity contribution in [1.29, 1.82) is 0 Å². The van der Waals surface area contributed by atoms with Crippen LogP contribution in [0.15, 0.2) is 0 Å². The van der Waals surface area contributed by atoms with E-state index in [1.54, 1.807) is 6.92 Å². The van der Waals surface area contributed by atoms with Crippen LogP contribution in [0.2, 0.25) is 0 Å². The van der Waals surface area contributed by atoms with Crippen LogP contribution in [0.3, 0.4) is 0 Å². The smallest absolute Gasteiger partial charge is 0.129 e. The minimum atomic E-state index is 0.394. The molecule has 3 saturated carbocycles. The summed E-state index contributed by atoms with van der Waals surface area (Å²) in [5, 5.41) is 0. The molecule has 0 N–H and O–H groups in total. The second-order valence-electron chi connectivity index (χ2n) is 7.73. The van der Waals surface area contributed by atoms with Gasteiger partial charge in [-0.1, -0.05) is 26.2 Å². The van der Waals surface area contributed by atoms with Crippen molar-refractivity contribution in [3.63, 3.8) is 0 Å². The van der Waals surface area contributed by atoms with Gasteiger partial charge >= 0.3 is 0 Å². The number of hydrogen-bond donors (Lipinski definition) is 0. The Hall–Kier alpha value is -0.330. The molecule has 3 aliphatic rings. The van der Waals surface area contributed by atoms with Gasteiger partial charge in [0.05, 0.1) is 0 Å². The molecule has 3 fully saturated rings. The number of ketones is 1. The number of Topliss-reactive ketones (excluding diaryl/α,β-unsaturated/α-hetero) is 1. The predicted octanol–water partition coefficient (Wildman–Crippen LogP) is 4.84. The molecule has 1 heteroatoms. The van der Waals surface area contributed by atoms with Crippen molar-refractivity contribution in [3.05, 3.63) is 0 Å². The molecule has 0 radical (unpaired) electrons. The molecule has 0 aliphatic heterocycles. The lowest BCUT2D eigenvalue weighted by Crippen LogP contribution is -2.40. The summed E-state index contributed by atoms with van der Waals surface area (Å²) < 4.78 is 0. The van der Waals surface area contributed by atoms with Crippen molar-refractivity contribution in [2.24, 2.45) is 35.5 Å². The maximum atomic E-state index is 11.3. The van der Waals surface area contributed by atoms with Gasteiger partial charge in [0.15, 0.2) is 0 Å². The lowest BCUT2D eigenvalue weighted by atomic mass is 9.57. The number of rotatable bonds is 3. The van der Waals surface area contributed by atoms with E-state index in [2.05, 4.69) is 6.92 Å². The fourth-order valence-corrected chi connectivity index (χ4v) is 5.91. The lowest BCUT2D eigenvalue weighted by molar-refractivity contribution is -0.117. The minimum absolute atomic E-state index is 0.394. The summed E-state index contributed by atoms with van der Waals surface area (Å²) in [6.07, 6.45) is 12.3. The first-order chi connectivity index (χ1) is 9.16. The van der Waals surface area contributed by atoms with E-state index >= 15 is 0 Å². The number of fused-ring (bicyclic) bond motifs is 3. The Kier molecular flexibility index (Phi) is 4.01. The molecule has 0 saturated heterocycles. The van der Waals surface area contributed by atoms with Crippen molar-refractivity contribution in [2.45, 2.75) is 71.6 Å². The normalized spacial score (nSPS) is 45.6. The van der Waals surface area contributed by atoms with Crippen molar-refractivity contribution in [1.82, 2.24) is 0 Å². The van der Waals surface area contributed by atoms with E-state index in [0.717, 1.165) is 41.9 Å². The summed E-state index contributed by atoms with van der Waals surface area (Å²) in [6.45, 7) is 4.27. The van der Waals surface area contributed by atoms with Gasteiger partial charge in [-0.2, -0.15) is 0 Å². The molecule has 0 spiro atoms. The molecule has 0 heterocycles. The molecule has 0 aromatic carbocycles. The van der Waals surface area contributed by atoms with Crippen LogP contribution in [0.5, 0.6) is 0 Å². The zero-order valence-corrected chi connectivity index (χ0v) is 12.7. The van der Waals surface area contributed by atoms with Crippen molar-refractivity contribution in [2.75, 3.05) is 0 Å². The highest BCUT2D eigenvalue weighted by Crippen LogP contribution is 2.56. The molecule has 6 unspecified atom stereocenters. The number of hydrogen-bond acceptors (Lipinski definition) is 1. The number of carbonyl (C=O) groups is 1. The maximum absolute atomic E-state index is 11.3. The molecule has 19 heavy (non-hydrogen) atoms. The van der Waals surface area contributed by atoms with Gasteiger partial charge in [0.25, 0.3) is 0 Å². The molecular weight excluding hydrogens is 232 g/mol. The van der Waals surface area contributed by atoms with Crippen LogP contribution in [-0.4, -0.2) is 5.78 Å². The van der Waals surface area contributed by atoms with E-state index in [-0.39, 0.29) is 0 Å². The molecule has 0 aromatic heterocycles. The van der Waals surface area contributed by atoms with Gasteiger partial charge in [-0.05, 0) is 74.5 Å². The summed E-state index contributed by atoms with van der Waals surface area (Å²) in [4.78, 5) is 11.3. The van der Waals surface area contributed by atoms with Gasteiger partial charge in [-0.3, -0.25) is 0 Å². The zero-order valence-electron chi connectivity index (χ0n) is 12.7. The Balaban J connectivity index is 1.69. The molecule has 0 bridgehead atoms. The summed E-state index contributed by atoms with van der Waals surface area (Å²) in [6, 6.07) is 0. The van der Waals surface area contributed by atoms with E-state index in [1.165, 1.54) is 51.4 Å². The molecule has 108 valence electrons. The van der Waals surface area contributed by atoms with Gasteiger partial charge in [0.1, 0.15) is 5.78 Å². The van der Waals surface area contributed by atoms with Gasteiger partial charge in [-0.25, -0.2) is 0 Å². The number of carbonyl (C=O) groups excluding carboxylic acids is 1. The Morgan fingerprint density at radius 3 is 2.58 bits per heavy atom. The summed E-state index contributed by atoms with van der Waals surface area (Å²) >= 11 is 0. The van der Waals surface area contributed by atoms with Crippen LogP contribution in [0.1, 0.15) is 71.6 Å². The van der Waals surface area contributed by atoms with E-state index in [0.29, 0.717) is 5.78 Å².